The second-order valence-electron chi connectivity index (χ2n) is 13.2. The van der Waals surface area contributed by atoms with E-state index < -0.39 is 11.9 Å². The number of rotatable bonds is 12. The van der Waals surface area contributed by atoms with Crippen molar-refractivity contribution in [1.29, 1.82) is 0 Å². The fourth-order valence-corrected chi connectivity index (χ4v) is 8.75. The minimum Gasteiger partial charge on any atom is -0.494 e. The van der Waals surface area contributed by atoms with E-state index in [1.807, 2.05) is 60.7 Å². The van der Waals surface area contributed by atoms with E-state index in [1.54, 1.807) is 0 Å². The van der Waals surface area contributed by atoms with Gasteiger partial charge in [0.1, 0.15) is 12.4 Å². The molecule has 278 valence electrons. The van der Waals surface area contributed by atoms with Crippen LogP contribution in [0.5, 0.6) is 5.75 Å². The number of aromatic nitrogens is 2. The summed E-state index contributed by atoms with van der Waals surface area (Å²) in [5.74, 6) is 5.22. The molecule has 11 nitrogen and oxygen atoms in total. The Balaban J connectivity index is 0.924. The lowest BCUT2D eigenvalue weighted by molar-refractivity contribution is -0.143. The molecule has 54 heavy (non-hydrogen) atoms. The number of carboxylic acid groups (broad SMARTS) is 1. The zero-order chi connectivity index (χ0) is 37.4. The molecule has 1 saturated carbocycles. The van der Waals surface area contributed by atoms with Gasteiger partial charge in [-0.05, 0) is 98.5 Å². The van der Waals surface area contributed by atoms with Crippen molar-refractivity contribution < 1.29 is 33.7 Å². The predicted octanol–water partition coefficient (Wildman–Crippen LogP) is 7.38. The van der Waals surface area contributed by atoms with Crippen LogP contribution < -0.4 is 15.0 Å². The number of amides is 1. The third kappa shape index (κ3) is 8.90. The maximum atomic E-state index is 13.5. The molecule has 13 heteroatoms. The highest BCUT2D eigenvalue weighted by Gasteiger charge is 2.28. The van der Waals surface area contributed by atoms with E-state index in [4.69, 9.17) is 24.3 Å². The van der Waals surface area contributed by atoms with E-state index >= 15 is 0 Å². The Morgan fingerprint density at radius 1 is 0.981 bits per heavy atom. The number of carbonyl (C=O) groups excluding carboxylic acids is 2. The molecule has 2 aromatic heterocycles. The van der Waals surface area contributed by atoms with Gasteiger partial charge < -0.3 is 24.2 Å². The molecule has 0 radical (unpaired) electrons. The summed E-state index contributed by atoms with van der Waals surface area (Å²) in [6, 6.07) is 21.2. The van der Waals surface area contributed by atoms with Crippen LogP contribution in [0.25, 0.3) is 10.2 Å². The Bertz CT molecular complexity index is 2160. The molecule has 7 rings (SSSR count). The number of esters is 1. The van der Waals surface area contributed by atoms with Crippen LogP contribution in [0.1, 0.15) is 74.5 Å². The highest BCUT2D eigenvalue weighted by atomic mass is 32.1. The molecule has 0 unspecified atom stereocenters. The van der Waals surface area contributed by atoms with Crippen molar-refractivity contribution in [2.75, 3.05) is 37.1 Å². The number of anilines is 2. The molecule has 1 fully saturated rings. The average molecular weight is 765 g/mol. The summed E-state index contributed by atoms with van der Waals surface area (Å²) in [5.41, 5.74) is 4.66. The van der Waals surface area contributed by atoms with Gasteiger partial charge in [0.25, 0.3) is 5.91 Å². The third-order valence-electron chi connectivity index (χ3n) is 9.69. The lowest BCUT2D eigenvalue weighted by atomic mass is 9.87. The Kier molecular flexibility index (Phi) is 11.8. The lowest BCUT2D eigenvalue weighted by Gasteiger charge is -2.29. The van der Waals surface area contributed by atoms with Gasteiger partial charge in [0.05, 0.1) is 36.0 Å². The fraction of sp³-hybridized carbons (Fsp3) is 0.341. The number of para-hydroxylation sites is 1. The van der Waals surface area contributed by atoms with Crippen molar-refractivity contribution in [3.8, 4) is 17.6 Å². The maximum absolute atomic E-state index is 13.5. The van der Waals surface area contributed by atoms with Crippen molar-refractivity contribution in [3.05, 3.63) is 99.6 Å². The first kappa shape index (κ1) is 37.0. The monoisotopic (exact) mass is 764 g/mol. The fourth-order valence-electron chi connectivity index (χ4n) is 6.78. The Morgan fingerprint density at radius 3 is 2.57 bits per heavy atom. The van der Waals surface area contributed by atoms with Crippen molar-refractivity contribution in [2.24, 2.45) is 5.92 Å². The molecule has 3 aromatic carbocycles. The first-order chi connectivity index (χ1) is 26.3. The van der Waals surface area contributed by atoms with Gasteiger partial charge in [-0.25, -0.2) is 14.8 Å². The zero-order valence-electron chi connectivity index (χ0n) is 29.8. The molecular formula is C41H40N4O7S2. The van der Waals surface area contributed by atoms with Gasteiger partial charge in [-0.15, -0.1) is 11.3 Å². The molecule has 1 amide bonds. The molecule has 0 saturated heterocycles. The van der Waals surface area contributed by atoms with Crippen molar-refractivity contribution in [2.45, 2.75) is 57.6 Å². The molecule has 3 heterocycles. The van der Waals surface area contributed by atoms with E-state index in [0.717, 1.165) is 56.8 Å². The van der Waals surface area contributed by atoms with Crippen LogP contribution in [0.2, 0.25) is 0 Å². The average Bonchev–Trinajstić information content (AvgIpc) is 3.82. The summed E-state index contributed by atoms with van der Waals surface area (Å²) in [6.07, 6.45) is 4.86. The molecule has 0 atom stereocenters. The number of hydrogen-bond acceptors (Lipinski definition) is 11. The van der Waals surface area contributed by atoms with Gasteiger partial charge in [0.15, 0.2) is 16.0 Å². The van der Waals surface area contributed by atoms with Gasteiger partial charge in [-0.2, -0.15) is 0 Å². The topological polar surface area (TPSA) is 140 Å². The van der Waals surface area contributed by atoms with E-state index in [2.05, 4.69) is 33.1 Å². The van der Waals surface area contributed by atoms with Gasteiger partial charge in [-0.1, -0.05) is 47.4 Å². The molecule has 0 spiro atoms. The zero-order valence-corrected chi connectivity index (χ0v) is 31.5. The van der Waals surface area contributed by atoms with Crippen LogP contribution in [0.15, 0.2) is 66.7 Å². The summed E-state index contributed by atoms with van der Waals surface area (Å²) in [6.45, 7) is 1.94. The Morgan fingerprint density at radius 2 is 1.80 bits per heavy atom. The van der Waals surface area contributed by atoms with Crippen LogP contribution in [0, 0.1) is 17.8 Å². The van der Waals surface area contributed by atoms with E-state index in [-0.39, 0.29) is 17.9 Å². The van der Waals surface area contributed by atoms with Crippen molar-refractivity contribution in [1.82, 2.24) is 9.97 Å². The number of nitrogens with zero attached hydrogens (tertiary/aromatic N) is 3. The van der Waals surface area contributed by atoms with Crippen LogP contribution in [-0.2, 0) is 33.7 Å². The minimum absolute atomic E-state index is 0.0676. The summed E-state index contributed by atoms with van der Waals surface area (Å²) in [4.78, 5) is 49.7. The summed E-state index contributed by atoms with van der Waals surface area (Å²) in [5, 5.41) is 13.4. The lowest BCUT2D eigenvalue weighted by Crippen LogP contribution is -2.32. The number of aliphatic carboxylic acids is 1. The first-order valence-corrected chi connectivity index (χ1v) is 19.6. The molecule has 2 aliphatic rings. The number of benzene rings is 3. The smallest absolute Gasteiger partial charge is 0.357 e. The maximum Gasteiger partial charge on any atom is 0.357 e. The number of aryl methyl sites for hydroxylation is 1. The van der Waals surface area contributed by atoms with Gasteiger partial charge >= 0.3 is 11.9 Å². The van der Waals surface area contributed by atoms with Crippen LogP contribution in [0.4, 0.5) is 10.3 Å². The molecular weight excluding hydrogens is 725 g/mol. The second kappa shape index (κ2) is 17.2. The van der Waals surface area contributed by atoms with Gasteiger partial charge in [-0.3, -0.25) is 14.9 Å². The first-order valence-electron chi connectivity index (χ1n) is 18.0. The predicted molar refractivity (Wildman–Crippen MR) is 209 cm³/mol. The third-order valence-corrected chi connectivity index (χ3v) is 11.8. The minimum atomic E-state index is -0.718. The molecule has 0 bridgehead atoms. The molecule has 1 aliphatic carbocycles. The molecule has 1 aliphatic heterocycles. The largest absolute Gasteiger partial charge is 0.494 e. The summed E-state index contributed by atoms with van der Waals surface area (Å²) in [7, 11) is 1.36. The number of hydrogen-bond donors (Lipinski definition) is 2. The quantitative estimate of drug-likeness (QED) is 0.0752. The van der Waals surface area contributed by atoms with Crippen LogP contribution in [0.3, 0.4) is 0 Å². The number of fused-ring (bicyclic) bond motifs is 2. The normalized spacial score (nSPS) is 16.6. The number of carbonyl (C=O) groups is 3. The van der Waals surface area contributed by atoms with E-state index in [9.17, 15) is 14.4 Å². The van der Waals surface area contributed by atoms with Crippen LogP contribution in [-0.4, -0.2) is 65.9 Å². The number of ether oxygens (including phenoxy) is 3. The summed E-state index contributed by atoms with van der Waals surface area (Å²) >= 11 is 2.92. The number of methoxy groups -OCH3 is 1. The van der Waals surface area contributed by atoms with E-state index in [1.165, 1.54) is 29.8 Å². The number of carboxylic acids is 1. The highest BCUT2D eigenvalue weighted by Crippen LogP contribution is 2.34. The van der Waals surface area contributed by atoms with Gasteiger partial charge in [0, 0.05) is 29.1 Å². The number of nitrogens with one attached hydrogen (secondary N) is 1. The van der Waals surface area contributed by atoms with Crippen LogP contribution >= 0.6 is 22.7 Å². The Labute approximate surface area is 321 Å². The summed E-state index contributed by atoms with van der Waals surface area (Å²) < 4.78 is 17.9. The van der Waals surface area contributed by atoms with Crippen molar-refractivity contribution in [3.63, 3.8) is 0 Å². The van der Waals surface area contributed by atoms with Crippen molar-refractivity contribution >= 4 is 61.0 Å². The standard InChI is InChI=1S/C41H40N4O7S2/c1-50-39(49)36-35(12-6-24-52-29-17-13-26(14-18-29)7-5-23-51-30-19-15-28(16-20-30)38(47)48)54-41(43-36)45-22-21-27-8-4-9-31(32(27)25-45)37(46)44-40-42-33-10-2-3-11-34(33)53-40/h2-4,8-11,13-14,17-18,28,30H,6,12,15-16,19-25H2,1H3,(H,47,48)(H,42,44,46). The molecule has 2 N–H and O–H groups in total. The molecule has 5 aromatic rings. The number of thiazole rings is 2. The van der Waals surface area contributed by atoms with Gasteiger partial charge in [0.2, 0.25) is 0 Å². The Hall–Kier alpha value is -5.29. The second-order valence-corrected chi connectivity index (χ2v) is 15.3. The highest BCUT2D eigenvalue weighted by molar-refractivity contribution is 7.22. The van der Waals surface area contributed by atoms with E-state index in [0.29, 0.717) is 73.5 Å². The SMILES string of the molecule is COC(=O)c1nc(N2CCc3cccc(C(=O)Nc4nc5ccccc5s4)c3C2)sc1CCCOc1ccc(C#CCOC2CCC(C(=O)O)CC2)cc1.